The van der Waals surface area contributed by atoms with Crippen molar-refractivity contribution < 1.29 is 32.6 Å². The summed E-state index contributed by atoms with van der Waals surface area (Å²) in [5.41, 5.74) is 1.23. The lowest BCUT2D eigenvalue weighted by molar-refractivity contribution is -0.140. The summed E-state index contributed by atoms with van der Waals surface area (Å²) in [5, 5.41) is 9.18. The molecule has 1 saturated carbocycles. The van der Waals surface area contributed by atoms with Crippen LogP contribution in [0, 0.1) is 5.41 Å². The molecule has 1 saturated heterocycles. The second-order valence-electron chi connectivity index (χ2n) is 7.53. The molecule has 1 aliphatic heterocycles. The Bertz CT molecular complexity index is 984. The van der Waals surface area contributed by atoms with Crippen LogP contribution >= 0.6 is 0 Å². The highest BCUT2D eigenvalue weighted by molar-refractivity contribution is 7.91. The molecule has 2 N–H and O–H groups in total. The predicted molar refractivity (Wildman–Crippen MR) is 103 cm³/mol. The van der Waals surface area contributed by atoms with Crippen LogP contribution in [0.5, 0.6) is 5.75 Å². The number of nitrogens with one attached hydrogen (secondary N) is 1. The lowest BCUT2D eigenvalue weighted by Gasteiger charge is -2.27. The van der Waals surface area contributed by atoms with Crippen LogP contribution in [0.1, 0.15) is 18.4 Å². The number of carbonyl (C=O) groups is 1. The van der Waals surface area contributed by atoms with Gasteiger partial charge in [-0.15, -0.1) is 0 Å². The molecule has 2 aromatic rings. The summed E-state index contributed by atoms with van der Waals surface area (Å²) in [6, 6.07) is 9.70. The quantitative estimate of drug-likeness (QED) is 0.496. The zero-order valence-corrected chi connectivity index (χ0v) is 16.9. The molecular weight excluding hydrogens is 412 g/mol. The highest BCUT2D eigenvalue weighted by Gasteiger charge is 2.55. The fourth-order valence-electron chi connectivity index (χ4n) is 3.99. The molecule has 160 valence electrons. The Kier molecular flexibility index (Phi) is 5.74. The Hall–Kier alpha value is -2.53. The highest BCUT2D eigenvalue weighted by atomic mass is 32.2. The van der Waals surface area contributed by atoms with Crippen molar-refractivity contribution in [3.63, 3.8) is 0 Å². The standard InChI is InChI=1S/C20H22N2O7S/c23-19(22-24)20(9-17-18(10-20)29-13-28-17)12-30(25,26)16-3-1-15(2-4-16)27-11-14-5-7-21-8-6-14/h1-8,17-18,24H,9-13H2,(H,22,23). The summed E-state index contributed by atoms with van der Waals surface area (Å²) >= 11 is 0. The van der Waals surface area contributed by atoms with Gasteiger partial charge in [0.05, 0.1) is 28.3 Å². The Morgan fingerprint density at radius 1 is 1.13 bits per heavy atom. The molecule has 2 unspecified atom stereocenters. The lowest BCUT2D eigenvalue weighted by Crippen LogP contribution is -2.43. The van der Waals surface area contributed by atoms with Gasteiger partial charge < -0.3 is 14.2 Å². The summed E-state index contributed by atoms with van der Waals surface area (Å²) in [7, 11) is -3.82. The fourth-order valence-corrected chi connectivity index (χ4v) is 5.80. The van der Waals surface area contributed by atoms with Crippen LogP contribution < -0.4 is 10.2 Å². The zero-order valence-electron chi connectivity index (χ0n) is 16.1. The van der Waals surface area contributed by atoms with E-state index in [4.69, 9.17) is 14.2 Å². The molecule has 4 rings (SSSR count). The lowest BCUT2D eigenvalue weighted by atomic mass is 9.87. The van der Waals surface area contributed by atoms with Gasteiger partial charge in [0.25, 0.3) is 5.91 Å². The molecule has 0 spiro atoms. The van der Waals surface area contributed by atoms with Crippen LogP contribution in [0.25, 0.3) is 0 Å². The summed E-state index contributed by atoms with van der Waals surface area (Å²) in [5.74, 6) is -0.681. The van der Waals surface area contributed by atoms with E-state index in [0.717, 1.165) is 5.56 Å². The molecule has 1 aromatic carbocycles. The average Bonchev–Trinajstić information content (AvgIpc) is 3.32. The first-order chi connectivity index (χ1) is 14.4. The molecule has 2 aliphatic rings. The molecule has 1 aliphatic carbocycles. The predicted octanol–water partition coefficient (Wildman–Crippen LogP) is 1.46. The number of benzene rings is 1. The van der Waals surface area contributed by atoms with E-state index in [2.05, 4.69) is 4.98 Å². The van der Waals surface area contributed by atoms with Crippen LogP contribution in [0.2, 0.25) is 0 Å². The number of amides is 1. The molecule has 1 amide bonds. The molecule has 0 radical (unpaired) electrons. The second-order valence-corrected chi connectivity index (χ2v) is 9.52. The van der Waals surface area contributed by atoms with Crippen LogP contribution in [0.4, 0.5) is 0 Å². The minimum atomic E-state index is -3.82. The van der Waals surface area contributed by atoms with E-state index in [1.807, 2.05) is 12.1 Å². The van der Waals surface area contributed by atoms with E-state index in [0.29, 0.717) is 12.4 Å². The Labute approximate surface area is 173 Å². The molecule has 9 nitrogen and oxygen atoms in total. The van der Waals surface area contributed by atoms with Crippen molar-refractivity contribution >= 4 is 15.7 Å². The Morgan fingerprint density at radius 2 is 1.77 bits per heavy atom. The number of hydrogen-bond donors (Lipinski definition) is 2. The van der Waals surface area contributed by atoms with Crippen molar-refractivity contribution in [1.29, 1.82) is 0 Å². The molecule has 2 heterocycles. The van der Waals surface area contributed by atoms with Gasteiger partial charge >= 0.3 is 0 Å². The average molecular weight is 434 g/mol. The maximum atomic E-state index is 13.0. The fraction of sp³-hybridized carbons (Fsp3) is 0.400. The maximum absolute atomic E-state index is 13.0. The molecule has 30 heavy (non-hydrogen) atoms. The van der Waals surface area contributed by atoms with Gasteiger partial charge in [0.2, 0.25) is 0 Å². The van der Waals surface area contributed by atoms with Crippen molar-refractivity contribution in [2.75, 3.05) is 12.5 Å². The normalized spacial score (nSPS) is 25.6. The van der Waals surface area contributed by atoms with Crippen LogP contribution in [-0.2, 0) is 30.7 Å². The van der Waals surface area contributed by atoms with Crippen molar-refractivity contribution in [3.8, 4) is 5.75 Å². The maximum Gasteiger partial charge on any atom is 0.250 e. The minimum absolute atomic E-state index is 0.0720. The number of aromatic nitrogens is 1. The Balaban J connectivity index is 1.47. The first-order valence-corrected chi connectivity index (χ1v) is 11.1. The second kappa shape index (κ2) is 8.31. The van der Waals surface area contributed by atoms with Gasteiger partial charge in [-0.25, -0.2) is 13.9 Å². The van der Waals surface area contributed by atoms with Gasteiger partial charge in [0.15, 0.2) is 9.84 Å². The minimum Gasteiger partial charge on any atom is -0.489 e. The first-order valence-electron chi connectivity index (χ1n) is 9.44. The number of nitrogens with zero attached hydrogens (tertiary/aromatic N) is 1. The highest BCUT2D eigenvalue weighted by Crippen LogP contribution is 2.45. The van der Waals surface area contributed by atoms with E-state index in [-0.39, 0.29) is 36.7 Å². The van der Waals surface area contributed by atoms with Crippen LogP contribution in [0.3, 0.4) is 0 Å². The van der Waals surface area contributed by atoms with Gasteiger partial charge in [0.1, 0.15) is 19.1 Å². The number of sulfone groups is 1. The summed E-state index contributed by atoms with van der Waals surface area (Å²) < 4.78 is 42.6. The van der Waals surface area contributed by atoms with Crippen molar-refractivity contribution in [1.82, 2.24) is 10.5 Å². The van der Waals surface area contributed by atoms with Gasteiger partial charge in [-0.3, -0.25) is 15.0 Å². The largest absolute Gasteiger partial charge is 0.489 e. The van der Waals surface area contributed by atoms with Gasteiger partial charge in [-0.2, -0.15) is 0 Å². The molecule has 0 bridgehead atoms. The van der Waals surface area contributed by atoms with Crippen LogP contribution in [-0.4, -0.2) is 49.3 Å². The third kappa shape index (κ3) is 4.17. The Morgan fingerprint density at radius 3 is 2.37 bits per heavy atom. The van der Waals surface area contributed by atoms with E-state index in [1.165, 1.54) is 12.1 Å². The zero-order chi connectivity index (χ0) is 21.2. The molecule has 10 heteroatoms. The van der Waals surface area contributed by atoms with E-state index < -0.39 is 26.9 Å². The van der Waals surface area contributed by atoms with Crippen molar-refractivity contribution in [2.24, 2.45) is 5.41 Å². The number of ether oxygens (including phenoxy) is 3. The van der Waals surface area contributed by atoms with Gasteiger partial charge in [-0.1, -0.05) is 0 Å². The molecule has 1 aromatic heterocycles. The molecular formula is C20H22N2O7S. The SMILES string of the molecule is O=C(NO)C1(CS(=O)(=O)c2ccc(OCc3ccncc3)cc2)CC2OCOC2C1. The smallest absolute Gasteiger partial charge is 0.250 e. The molecule has 2 fully saturated rings. The topological polar surface area (TPSA) is 124 Å². The van der Waals surface area contributed by atoms with E-state index in [9.17, 15) is 18.4 Å². The number of hydrogen-bond acceptors (Lipinski definition) is 8. The number of rotatable bonds is 7. The van der Waals surface area contributed by atoms with Crippen molar-refractivity contribution in [2.45, 2.75) is 36.6 Å². The third-order valence-electron chi connectivity index (χ3n) is 5.55. The van der Waals surface area contributed by atoms with Crippen LogP contribution in [0.15, 0.2) is 53.7 Å². The number of hydroxylamine groups is 1. The monoisotopic (exact) mass is 434 g/mol. The van der Waals surface area contributed by atoms with Crippen molar-refractivity contribution in [3.05, 3.63) is 54.4 Å². The number of fused-ring (bicyclic) bond motifs is 1. The summed E-state index contributed by atoms with van der Waals surface area (Å²) in [6.45, 7) is 0.455. The number of carbonyl (C=O) groups excluding carboxylic acids is 1. The van der Waals surface area contributed by atoms with Gasteiger partial charge in [0, 0.05) is 12.4 Å². The first kappa shape index (κ1) is 20.7. The van der Waals surface area contributed by atoms with E-state index >= 15 is 0 Å². The van der Waals surface area contributed by atoms with Gasteiger partial charge in [-0.05, 0) is 54.8 Å². The molecule has 2 atom stereocenters. The third-order valence-corrected chi connectivity index (χ3v) is 7.47. The number of pyridine rings is 1. The van der Waals surface area contributed by atoms with E-state index in [1.54, 1.807) is 30.0 Å². The summed E-state index contributed by atoms with van der Waals surface area (Å²) in [4.78, 5) is 16.4. The summed E-state index contributed by atoms with van der Waals surface area (Å²) in [6.07, 6.45) is 2.94.